The van der Waals surface area contributed by atoms with Gasteiger partial charge in [0.15, 0.2) is 5.82 Å². The molecule has 0 atom stereocenters. The van der Waals surface area contributed by atoms with Gasteiger partial charge in [-0.1, -0.05) is 30.3 Å². The molecule has 2 heterocycles. The van der Waals surface area contributed by atoms with E-state index in [1.807, 2.05) is 24.3 Å². The van der Waals surface area contributed by atoms with Gasteiger partial charge in [0.25, 0.3) is 5.91 Å². The van der Waals surface area contributed by atoms with Crippen LogP contribution >= 0.6 is 0 Å². The van der Waals surface area contributed by atoms with Gasteiger partial charge in [-0.15, -0.1) is 10.2 Å². The van der Waals surface area contributed by atoms with E-state index in [2.05, 4.69) is 10.2 Å². The van der Waals surface area contributed by atoms with E-state index in [-0.39, 0.29) is 28.9 Å². The number of alkyl halides is 3. The van der Waals surface area contributed by atoms with Crippen molar-refractivity contribution in [1.29, 1.82) is 0 Å². The van der Waals surface area contributed by atoms with Crippen LogP contribution in [0.5, 0.6) is 0 Å². The fraction of sp³-hybridized carbons (Fsp3) is 0.154. The molecule has 7 nitrogen and oxygen atoms in total. The molecule has 36 heavy (non-hydrogen) atoms. The first-order valence-electron chi connectivity index (χ1n) is 10.9. The molecule has 0 saturated heterocycles. The topological polar surface area (TPSA) is 77.3 Å². The molecule has 0 aliphatic carbocycles. The molecule has 0 bridgehead atoms. The largest absolute Gasteiger partial charge is 0.465 e. The van der Waals surface area contributed by atoms with Crippen molar-refractivity contribution in [3.8, 4) is 22.5 Å². The Morgan fingerprint density at radius 1 is 1.00 bits per heavy atom. The summed E-state index contributed by atoms with van der Waals surface area (Å²) in [6, 6.07) is 15.6. The summed E-state index contributed by atoms with van der Waals surface area (Å²) >= 11 is 0. The predicted octanol–water partition coefficient (Wildman–Crippen LogP) is 5.11. The average molecular weight is 492 g/mol. The lowest BCUT2D eigenvalue weighted by Gasteiger charge is -2.19. The van der Waals surface area contributed by atoms with Gasteiger partial charge < -0.3 is 14.2 Å². The van der Waals surface area contributed by atoms with E-state index in [4.69, 9.17) is 4.74 Å². The molecule has 1 aromatic heterocycles. The number of rotatable bonds is 4. The molecule has 1 aliphatic heterocycles. The second-order valence-electron chi connectivity index (χ2n) is 8.29. The third-order valence-electron chi connectivity index (χ3n) is 6.11. The molecule has 5 rings (SSSR count). The smallest absolute Gasteiger partial charge is 0.416 e. The van der Waals surface area contributed by atoms with E-state index in [0.29, 0.717) is 17.0 Å². The first-order valence-corrected chi connectivity index (χ1v) is 10.9. The summed E-state index contributed by atoms with van der Waals surface area (Å²) in [5, 5.41) is 8.10. The Labute approximate surface area is 203 Å². The van der Waals surface area contributed by atoms with Gasteiger partial charge in [0.1, 0.15) is 6.33 Å². The highest BCUT2D eigenvalue weighted by atomic mass is 19.4. The van der Waals surface area contributed by atoms with Crippen LogP contribution in [0.3, 0.4) is 0 Å². The zero-order chi connectivity index (χ0) is 25.6. The average Bonchev–Trinajstić information content (AvgIpc) is 3.45. The van der Waals surface area contributed by atoms with Gasteiger partial charge in [-0.05, 0) is 47.0 Å². The van der Waals surface area contributed by atoms with Crippen LogP contribution in [-0.2, 0) is 24.5 Å². The summed E-state index contributed by atoms with van der Waals surface area (Å²) in [6.07, 6.45) is -3.05. The number of anilines is 1. The molecular formula is C26H19F3N4O3. The third kappa shape index (κ3) is 3.90. The number of hydrogen-bond donors (Lipinski definition) is 0. The molecule has 4 aromatic rings. The number of nitrogens with zero attached hydrogens (tertiary/aromatic N) is 4. The number of aromatic nitrogens is 3. The van der Waals surface area contributed by atoms with E-state index < -0.39 is 23.6 Å². The first-order chi connectivity index (χ1) is 17.2. The number of fused-ring (bicyclic) bond motifs is 1. The van der Waals surface area contributed by atoms with E-state index in [1.165, 1.54) is 30.2 Å². The van der Waals surface area contributed by atoms with Crippen molar-refractivity contribution < 1.29 is 27.5 Å². The number of ether oxygens (including phenoxy) is 1. The van der Waals surface area contributed by atoms with Gasteiger partial charge in [-0.3, -0.25) is 4.79 Å². The maximum absolute atomic E-state index is 13.6. The van der Waals surface area contributed by atoms with Gasteiger partial charge in [0.2, 0.25) is 0 Å². The minimum absolute atomic E-state index is 0.0191. The molecule has 0 unspecified atom stereocenters. The molecule has 1 amide bonds. The Kier molecular flexibility index (Phi) is 5.58. The molecule has 182 valence electrons. The summed E-state index contributed by atoms with van der Waals surface area (Å²) < 4.78 is 47.5. The Morgan fingerprint density at radius 3 is 2.39 bits per heavy atom. The van der Waals surface area contributed by atoms with Crippen molar-refractivity contribution in [2.24, 2.45) is 7.05 Å². The SMILES string of the molecule is COC(=O)c1cc(-c2ccccc2-c2nncn2C)cc(N2Cc3c(cccc3C(F)(F)F)C2=O)c1. The highest BCUT2D eigenvalue weighted by Gasteiger charge is 2.39. The molecule has 0 spiro atoms. The summed E-state index contributed by atoms with van der Waals surface area (Å²) in [5.41, 5.74) is 1.43. The molecule has 0 saturated carbocycles. The predicted molar refractivity (Wildman–Crippen MR) is 125 cm³/mol. The minimum atomic E-state index is -4.60. The number of esters is 1. The highest BCUT2D eigenvalue weighted by molar-refractivity contribution is 6.11. The van der Waals surface area contributed by atoms with E-state index in [9.17, 15) is 22.8 Å². The number of hydrogen-bond acceptors (Lipinski definition) is 5. The monoisotopic (exact) mass is 492 g/mol. The number of halogens is 3. The van der Waals surface area contributed by atoms with Crippen LogP contribution < -0.4 is 4.90 Å². The van der Waals surface area contributed by atoms with Crippen molar-refractivity contribution in [2.45, 2.75) is 12.7 Å². The van der Waals surface area contributed by atoms with E-state index in [0.717, 1.165) is 11.6 Å². The Bertz CT molecular complexity index is 1510. The zero-order valence-corrected chi connectivity index (χ0v) is 19.2. The van der Waals surface area contributed by atoms with Crippen molar-refractivity contribution in [3.63, 3.8) is 0 Å². The minimum Gasteiger partial charge on any atom is -0.465 e. The molecule has 3 aromatic carbocycles. The number of aryl methyl sites for hydroxylation is 1. The van der Waals surface area contributed by atoms with Crippen LogP contribution in [0, 0.1) is 0 Å². The van der Waals surface area contributed by atoms with Gasteiger partial charge in [0, 0.05) is 23.9 Å². The van der Waals surface area contributed by atoms with Crippen LogP contribution in [0.1, 0.15) is 31.8 Å². The summed E-state index contributed by atoms with van der Waals surface area (Å²) in [6.45, 7) is -0.279. The number of amides is 1. The molecule has 10 heteroatoms. The van der Waals surface area contributed by atoms with Crippen LogP contribution in [0.4, 0.5) is 18.9 Å². The number of methoxy groups -OCH3 is 1. The molecule has 0 N–H and O–H groups in total. The normalized spacial score (nSPS) is 13.1. The van der Waals surface area contributed by atoms with Crippen molar-refractivity contribution in [1.82, 2.24) is 14.8 Å². The Morgan fingerprint density at radius 2 is 1.72 bits per heavy atom. The Hall–Kier alpha value is -4.47. The maximum Gasteiger partial charge on any atom is 0.416 e. The summed E-state index contributed by atoms with van der Waals surface area (Å²) in [4.78, 5) is 26.9. The van der Waals surface area contributed by atoms with Crippen molar-refractivity contribution in [3.05, 3.63) is 89.2 Å². The van der Waals surface area contributed by atoms with Crippen LogP contribution in [-0.4, -0.2) is 33.8 Å². The molecule has 0 fully saturated rings. The second kappa shape index (κ2) is 8.63. The van der Waals surface area contributed by atoms with Gasteiger partial charge in [-0.25, -0.2) is 4.79 Å². The van der Waals surface area contributed by atoms with Crippen molar-refractivity contribution in [2.75, 3.05) is 12.0 Å². The van der Waals surface area contributed by atoms with E-state index in [1.54, 1.807) is 30.1 Å². The fourth-order valence-corrected chi connectivity index (χ4v) is 4.42. The first kappa shape index (κ1) is 23.3. The second-order valence-corrected chi connectivity index (χ2v) is 8.29. The fourth-order valence-electron chi connectivity index (χ4n) is 4.42. The summed E-state index contributed by atoms with van der Waals surface area (Å²) in [5.74, 6) is -0.643. The highest BCUT2D eigenvalue weighted by Crippen LogP contribution is 2.40. The standard InChI is InChI=1S/C26H19F3N4O3/c1-32-14-30-31-23(32)19-7-4-3-6-18(19)15-10-16(25(35)36-2)12-17(11-15)33-13-21-20(24(33)34)8-5-9-22(21)26(27,28)29/h3-12,14H,13H2,1-2H3. The van der Waals surface area contributed by atoms with Crippen molar-refractivity contribution >= 4 is 17.6 Å². The van der Waals surface area contributed by atoms with E-state index >= 15 is 0 Å². The zero-order valence-electron chi connectivity index (χ0n) is 19.2. The number of carbonyl (C=O) groups excluding carboxylic acids is 2. The van der Waals surface area contributed by atoms with Gasteiger partial charge in [0.05, 0.1) is 24.8 Å². The number of carbonyl (C=O) groups is 2. The quantitative estimate of drug-likeness (QED) is 0.370. The molecular weight excluding hydrogens is 473 g/mol. The van der Waals surface area contributed by atoms with Gasteiger partial charge >= 0.3 is 12.1 Å². The lowest BCUT2D eigenvalue weighted by Crippen LogP contribution is -2.23. The number of benzene rings is 3. The lowest BCUT2D eigenvalue weighted by atomic mass is 9.96. The molecule has 1 aliphatic rings. The molecule has 0 radical (unpaired) electrons. The van der Waals surface area contributed by atoms with Crippen LogP contribution in [0.2, 0.25) is 0 Å². The maximum atomic E-state index is 13.6. The summed E-state index contributed by atoms with van der Waals surface area (Å²) in [7, 11) is 3.02. The lowest BCUT2D eigenvalue weighted by molar-refractivity contribution is -0.138. The third-order valence-corrected chi connectivity index (χ3v) is 6.11. The van der Waals surface area contributed by atoms with Gasteiger partial charge in [-0.2, -0.15) is 13.2 Å². The van der Waals surface area contributed by atoms with Crippen LogP contribution in [0.15, 0.2) is 67.0 Å². The Balaban J connectivity index is 1.66. The van der Waals surface area contributed by atoms with Crippen LogP contribution in [0.25, 0.3) is 22.5 Å².